The summed E-state index contributed by atoms with van der Waals surface area (Å²) in [7, 11) is 0. The average Bonchev–Trinajstić information content (AvgIpc) is 2.96. The summed E-state index contributed by atoms with van der Waals surface area (Å²) in [4.78, 5) is 20.3. The highest BCUT2D eigenvalue weighted by Gasteiger charge is 2.26. The highest BCUT2D eigenvalue weighted by molar-refractivity contribution is 14.0. The smallest absolute Gasteiger partial charge is 0.410 e. The number of amides is 1. The highest BCUT2D eigenvalue weighted by atomic mass is 127. The van der Waals surface area contributed by atoms with E-state index in [0.29, 0.717) is 37.4 Å². The van der Waals surface area contributed by atoms with E-state index in [1.807, 2.05) is 32.5 Å². The normalized spacial score (nSPS) is 22.7. The number of guanidine groups is 1. The van der Waals surface area contributed by atoms with Gasteiger partial charge in [-0.15, -0.1) is 24.0 Å². The Kier molecular flexibility index (Phi) is 8.26. The molecule has 0 aromatic rings. The molecule has 0 aliphatic carbocycles. The molecule has 2 saturated heterocycles. The summed E-state index contributed by atoms with van der Waals surface area (Å²) in [5.74, 6) is 1.85. The van der Waals surface area contributed by atoms with Gasteiger partial charge in [0.05, 0.1) is 6.54 Å². The number of ether oxygens (including phenoxy) is 1. The van der Waals surface area contributed by atoms with E-state index in [1.54, 1.807) is 4.90 Å². The van der Waals surface area contributed by atoms with E-state index in [2.05, 4.69) is 9.89 Å². The second-order valence-electron chi connectivity index (χ2n) is 6.79. The SMILES string of the molecule is CC(C)(C)OC(=O)N1CCN(C(N)=NCC2CCCS2)CC1.I. The van der Waals surface area contributed by atoms with E-state index in [-0.39, 0.29) is 30.1 Å². The van der Waals surface area contributed by atoms with Crippen molar-refractivity contribution < 1.29 is 9.53 Å². The Morgan fingerprint density at radius 3 is 2.39 bits per heavy atom. The van der Waals surface area contributed by atoms with E-state index in [4.69, 9.17) is 10.5 Å². The fourth-order valence-electron chi connectivity index (χ4n) is 2.53. The summed E-state index contributed by atoms with van der Waals surface area (Å²) in [6.07, 6.45) is 2.29. The van der Waals surface area contributed by atoms with Crippen LogP contribution in [0.5, 0.6) is 0 Å². The molecule has 1 atom stereocenters. The Labute approximate surface area is 160 Å². The number of hydrogen-bond donors (Lipinski definition) is 1. The second kappa shape index (κ2) is 9.19. The Bertz CT molecular complexity index is 414. The van der Waals surface area contributed by atoms with E-state index in [0.717, 1.165) is 6.54 Å². The van der Waals surface area contributed by atoms with Crippen LogP contribution in [0.3, 0.4) is 0 Å². The third-order valence-corrected chi connectivity index (χ3v) is 5.12. The summed E-state index contributed by atoms with van der Waals surface area (Å²) in [6, 6.07) is 0. The predicted octanol–water partition coefficient (Wildman–Crippen LogP) is 2.37. The molecule has 0 spiro atoms. The molecule has 8 heteroatoms. The van der Waals surface area contributed by atoms with Gasteiger partial charge in [0.2, 0.25) is 0 Å². The van der Waals surface area contributed by atoms with Crippen molar-refractivity contribution in [3.8, 4) is 0 Å². The molecule has 2 rings (SSSR count). The standard InChI is InChI=1S/C15H28N4O2S.HI/c1-15(2,3)21-14(20)19-8-6-18(7-9-19)13(16)17-11-12-5-4-10-22-12;/h12H,4-11H2,1-3H3,(H2,16,17);1H. The van der Waals surface area contributed by atoms with Gasteiger partial charge in [-0.3, -0.25) is 4.99 Å². The number of rotatable bonds is 2. The maximum Gasteiger partial charge on any atom is 0.410 e. The Balaban J connectivity index is 0.00000264. The lowest BCUT2D eigenvalue weighted by Gasteiger charge is -2.36. The summed E-state index contributed by atoms with van der Waals surface area (Å²) < 4.78 is 5.39. The first-order valence-corrected chi connectivity index (χ1v) is 9.04. The molecule has 2 heterocycles. The topological polar surface area (TPSA) is 71.2 Å². The molecule has 23 heavy (non-hydrogen) atoms. The minimum atomic E-state index is -0.451. The van der Waals surface area contributed by atoms with Gasteiger partial charge in [0, 0.05) is 31.4 Å². The summed E-state index contributed by atoms with van der Waals surface area (Å²) in [5, 5.41) is 0.626. The predicted molar refractivity (Wildman–Crippen MR) is 107 cm³/mol. The van der Waals surface area contributed by atoms with E-state index in [9.17, 15) is 4.79 Å². The van der Waals surface area contributed by atoms with Crippen molar-refractivity contribution in [3.05, 3.63) is 0 Å². The molecule has 1 unspecified atom stereocenters. The first kappa shape index (κ1) is 20.7. The van der Waals surface area contributed by atoms with Crippen LogP contribution in [-0.2, 0) is 4.74 Å². The lowest BCUT2D eigenvalue weighted by Crippen LogP contribution is -2.53. The molecule has 2 fully saturated rings. The fraction of sp³-hybridized carbons (Fsp3) is 0.867. The molecular formula is C15H29IN4O2S. The van der Waals surface area contributed by atoms with E-state index in [1.165, 1.54) is 18.6 Å². The van der Waals surface area contributed by atoms with Crippen LogP contribution in [0.15, 0.2) is 4.99 Å². The van der Waals surface area contributed by atoms with Crippen LogP contribution in [0.25, 0.3) is 0 Å². The molecule has 1 amide bonds. The van der Waals surface area contributed by atoms with Crippen LogP contribution >= 0.6 is 35.7 Å². The van der Waals surface area contributed by atoms with Gasteiger partial charge in [-0.1, -0.05) is 0 Å². The summed E-state index contributed by atoms with van der Waals surface area (Å²) >= 11 is 1.99. The molecule has 6 nitrogen and oxygen atoms in total. The van der Waals surface area contributed by atoms with Gasteiger partial charge < -0.3 is 20.3 Å². The number of thioether (sulfide) groups is 1. The molecule has 0 aromatic carbocycles. The zero-order valence-corrected chi connectivity index (χ0v) is 17.4. The van der Waals surface area contributed by atoms with Crippen molar-refractivity contribution in [2.75, 3.05) is 38.5 Å². The zero-order chi connectivity index (χ0) is 16.2. The molecule has 2 aliphatic rings. The number of halogens is 1. The van der Waals surface area contributed by atoms with Gasteiger partial charge in [0.25, 0.3) is 0 Å². The molecular weight excluding hydrogens is 427 g/mol. The van der Waals surface area contributed by atoms with Crippen molar-refractivity contribution in [2.45, 2.75) is 44.5 Å². The van der Waals surface area contributed by atoms with Gasteiger partial charge in [0.15, 0.2) is 5.96 Å². The molecule has 0 aromatic heterocycles. The van der Waals surface area contributed by atoms with Crippen molar-refractivity contribution in [1.29, 1.82) is 0 Å². The summed E-state index contributed by atoms with van der Waals surface area (Å²) in [6.45, 7) is 9.14. The highest BCUT2D eigenvalue weighted by Crippen LogP contribution is 2.26. The van der Waals surface area contributed by atoms with Gasteiger partial charge in [-0.05, 0) is 39.4 Å². The molecule has 2 N–H and O–H groups in total. The Morgan fingerprint density at radius 1 is 1.26 bits per heavy atom. The fourth-order valence-corrected chi connectivity index (χ4v) is 3.71. The average molecular weight is 456 g/mol. The number of carbonyl (C=O) groups is 1. The third-order valence-electron chi connectivity index (χ3n) is 3.74. The van der Waals surface area contributed by atoms with Crippen LogP contribution in [0, 0.1) is 0 Å². The monoisotopic (exact) mass is 456 g/mol. The lowest BCUT2D eigenvalue weighted by atomic mass is 10.2. The van der Waals surface area contributed by atoms with Crippen LogP contribution in [0.4, 0.5) is 4.79 Å². The minimum Gasteiger partial charge on any atom is -0.444 e. The number of hydrogen-bond acceptors (Lipinski definition) is 4. The lowest BCUT2D eigenvalue weighted by molar-refractivity contribution is 0.0186. The van der Waals surface area contributed by atoms with Crippen LogP contribution in [0.2, 0.25) is 0 Å². The van der Waals surface area contributed by atoms with Crippen molar-refractivity contribution >= 4 is 47.8 Å². The van der Waals surface area contributed by atoms with Crippen LogP contribution in [0.1, 0.15) is 33.6 Å². The Hall–Kier alpha value is -0.380. The molecule has 0 saturated carbocycles. The minimum absolute atomic E-state index is 0. The molecule has 0 bridgehead atoms. The van der Waals surface area contributed by atoms with E-state index >= 15 is 0 Å². The van der Waals surface area contributed by atoms with Gasteiger partial charge in [0.1, 0.15) is 5.60 Å². The summed E-state index contributed by atoms with van der Waals surface area (Å²) in [5.41, 5.74) is 5.63. The van der Waals surface area contributed by atoms with Crippen molar-refractivity contribution in [1.82, 2.24) is 9.80 Å². The molecule has 0 radical (unpaired) electrons. The van der Waals surface area contributed by atoms with Gasteiger partial charge >= 0.3 is 6.09 Å². The number of piperazine rings is 1. The molecule has 2 aliphatic heterocycles. The van der Waals surface area contributed by atoms with Crippen LogP contribution in [-0.4, -0.2) is 71.2 Å². The molecule has 134 valence electrons. The zero-order valence-electron chi connectivity index (χ0n) is 14.3. The maximum atomic E-state index is 12.0. The van der Waals surface area contributed by atoms with Crippen molar-refractivity contribution in [3.63, 3.8) is 0 Å². The third kappa shape index (κ3) is 6.94. The van der Waals surface area contributed by atoms with E-state index < -0.39 is 5.60 Å². The number of nitrogens with zero attached hydrogens (tertiary/aromatic N) is 3. The largest absolute Gasteiger partial charge is 0.444 e. The quantitative estimate of drug-likeness (QED) is 0.393. The first-order valence-electron chi connectivity index (χ1n) is 7.99. The second-order valence-corrected chi connectivity index (χ2v) is 8.20. The van der Waals surface area contributed by atoms with Gasteiger partial charge in [-0.25, -0.2) is 4.79 Å². The van der Waals surface area contributed by atoms with Crippen LogP contribution < -0.4 is 5.73 Å². The Morgan fingerprint density at radius 2 is 1.87 bits per heavy atom. The number of aliphatic imine (C=N–C) groups is 1. The first-order chi connectivity index (χ1) is 10.3. The maximum absolute atomic E-state index is 12.0. The number of carbonyl (C=O) groups excluding carboxylic acids is 1. The number of nitrogens with two attached hydrogens (primary N) is 1. The van der Waals surface area contributed by atoms with Crippen molar-refractivity contribution in [2.24, 2.45) is 10.7 Å². The van der Waals surface area contributed by atoms with Gasteiger partial charge in [-0.2, -0.15) is 11.8 Å².